The predicted molar refractivity (Wildman–Crippen MR) is 191 cm³/mol. The normalized spacial score (nSPS) is 23.2. The van der Waals surface area contributed by atoms with Crippen LogP contribution in [0.4, 0.5) is 5.69 Å². The van der Waals surface area contributed by atoms with Crippen LogP contribution in [0.2, 0.25) is 0 Å². The minimum Gasteiger partial charge on any atom is -0.378 e. The molecular formula is C36H56N5O4S2+. The number of hydrogen-bond donors (Lipinski definition) is 1. The van der Waals surface area contributed by atoms with E-state index in [9.17, 15) is 16.8 Å². The van der Waals surface area contributed by atoms with Gasteiger partial charge in [-0.3, -0.25) is 0 Å². The Hall–Kier alpha value is -2.28. The van der Waals surface area contributed by atoms with E-state index in [4.69, 9.17) is 0 Å². The lowest BCUT2D eigenvalue weighted by atomic mass is 9.89. The van der Waals surface area contributed by atoms with Crippen LogP contribution in [0, 0.1) is 5.92 Å². The Bertz CT molecular complexity index is 1500. The number of sulfonamides is 1. The summed E-state index contributed by atoms with van der Waals surface area (Å²) in [6.45, 7) is 9.03. The van der Waals surface area contributed by atoms with E-state index in [0.717, 1.165) is 51.0 Å². The first-order chi connectivity index (χ1) is 22.5. The van der Waals surface area contributed by atoms with Crippen LogP contribution in [0.3, 0.4) is 0 Å². The zero-order valence-electron chi connectivity index (χ0n) is 28.5. The number of piperidine rings is 1. The lowest BCUT2D eigenvalue weighted by Gasteiger charge is -2.36. The van der Waals surface area contributed by atoms with Gasteiger partial charge in [-0.1, -0.05) is 56.2 Å². The smallest absolute Gasteiger partial charge is 0.282 e. The summed E-state index contributed by atoms with van der Waals surface area (Å²) in [5.74, 6) is 1.04. The number of quaternary nitrogens is 1. The van der Waals surface area contributed by atoms with Gasteiger partial charge < -0.3 is 9.80 Å². The molecule has 2 aromatic rings. The summed E-state index contributed by atoms with van der Waals surface area (Å²) in [6.07, 6.45) is 9.49. The Balaban J connectivity index is 1.34. The summed E-state index contributed by atoms with van der Waals surface area (Å²) >= 11 is 0. The van der Waals surface area contributed by atoms with Gasteiger partial charge in [0.1, 0.15) is 0 Å². The summed E-state index contributed by atoms with van der Waals surface area (Å²) < 4.78 is 61.2. The van der Waals surface area contributed by atoms with Crippen LogP contribution < -0.4 is 9.80 Å². The van der Waals surface area contributed by atoms with Crippen molar-refractivity contribution >= 4 is 25.9 Å². The van der Waals surface area contributed by atoms with E-state index in [1.807, 2.05) is 49.3 Å². The van der Waals surface area contributed by atoms with E-state index in [1.54, 1.807) is 20.7 Å². The topological polar surface area (TPSA) is 85.7 Å². The first kappa shape index (κ1) is 36.0. The highest BCUT2D eigenvalue weighted by atomic mass is 32.2. The molecule has 3 fully saturated rings. The molecule has 0 aromatic heterocycles. The number of rotatable bonds is 8. The molecule has 2 aromatic carbocycles. The molecule has 5 rings (SSSR count). The van der Waals surface area contributed by atoms with Gasteiger partial charge in [-0.25, -0.2) is 8.42 Å². The Morgan fingerprint density at radius 1 is 0.723 bits per heavy atom. The molecular weight excluding hydrogens is 631 g/mol. The second-order valence-corrected chi connectivity index (χ2v) is 17.9. The molecule has 0 spiro atoms. The van der Waals surface area contributed by atoms with Crippen LogP contribution in [-0.2, 0) is 20.2 Å². The molecule has 0 bridgehead atoms. The quantitative estimate of drug-likeness (QED) is 0.425. The van der Waals surface area contributed by atoms with Crippen LogP contribution in [0.1, 0.15) is 69.3 Å². The van der Waals surface area contributed by atoms with Crippen molar-refractivity contribution in [1.82, 2.24) is 12.9 Å². The summed E-state index contributed by atoms with van der Waals surface area (Å²) in [4.78, 5) is 3.65. The average molecular weight is 687 g/mol. The third kappa shape index (κ3) is 9.45. The SMILES string of the molecule is C=C1CN(S(=O)(=O)c2ccc(N(C)C)cc2)CCC[NH+](CC2CCCCC2)CCCN(S(=O)(=O)N2CCC(c3ccccc3)CC2)C1. The van der Waals surface area contributed by atoms with Gasteiger partial charge in [0, 0.05) is 77.8 Å². The van der Waals surface area contributed by atoms with Gasteiger partial charge in [0.2, 0.25) is 10.0 Å². The van der Waals surface area contributed by atoms with Crippen LogP contribution in [0.15, 0.2) is 71.6 Å². The first-order valence-electron chi connectivity index (χ1n) is 17.6. The van der Waals surface area contributed by atoms with Gasteiger partial charge in [-0.15, -0.1) is 0 Å². The molecule has 11 heteroatoms. The largest absolute Gasteiger partial charge is 0.378 e. The van der Waals surface area contributed by atoms with Crippen molar-refractivity contribution in [3.05, 3.63) is 72.3 Å². The van der Waals surface area contributed by atoms with Crippen molar-refractivity contribution in [3.63, 3.8) is 0 Å². The fraction of sp³-hybridized carbons (Fsp3) is 0.611. The maximum atomic E-state index is 14.2. The number of nitrogens with zero attached hydrogens (tertiary/aromatic N) is 4. The zero-order chi connectivity index (χ0) is 33.4. The van der Waals surface area contributed by atoms with E-state index in [0.29, 0.717) is 43.6 Å². The Morgan fingerprint density at radius 2 is 1.32 bits per heavy atom. The van der Waals surface area contributed by atoms with Crippen molar-refractivity contribution in [2.45, 2.75) is 68.6 Å². The zero-order valence-corrected chi connectivity index (χ0v) is 30.2. The van der Waals surface area contributed by atoms with Gasteiger partial charge in [0.05, 0.1) is 24.5 Å². The molecule has 0 amide bonds. The highest BCUT2D eigenvalue weighted by molar-refractivity contribution is 7.89. The van der Waals surface area contributed by atoms with Gasteiger partial charge in [-0.2, -0.15) is 21.3 Å². The fourth-order valence-corrected chi connectivity index (χ4v) is 10.8. The van der Waals surface area contributed by atoms with Crippen LogP contribution in [0.5, 0.6) is 0 Å². The minimum atomic E-state index is -3.81. The Kier molecular flexibility index (Phi) is 12.6. The van der Waals surface area contributed by atoms with Crippen LogP contribution >= 0.6 is 0 Å². The molecule has 2 saturated heterocycles. The molecule has 1 N–H and O–H groups in total. The molecule has 9 nitrogen and oxygen atoms in total. The maximum absolute atomic E-state index is 14.2. The lowest BCUT2D eigenvalue weighted by molar-refractivity contribution is -0.904. The van der Waals surface area contributed by atoms with Crippen molar-refractivity contribution < 1.29 is 21.7 Å². The second-order valence-electron chi connectivity index (χ2n) is 14.1. The summed E-state index contributed by atoms with van der Waals surface area (Å²) in [5, 5.41) is 0. The molecule has 3 aliphatic rings. The number of anilines is 1. The Morgan fingerprint density at radius 3 is 1.94 bits per heavy atom. The van der Waals surface area contributed by atoms with Gasteiger partial charge >= 0.3 is 0 Å². The molecule has 2 heterocycles. The van der Waals surface area contributed by atoms with E-state index in [-0.39, 0.29) is 18.0 Å². The predicted octanol–water partition coefficient (Wildman–Crippen LogP) is 3.98. The number of hydrogen-bond acceptors (Lipinski definition) is 5. The van der Waals surface area contributed by atoms with E-state index in [2.05, 4.69) is 18.7 Å². The minimum absolute atomic E-state index is 0.0951. The lowest BCUT2D eigenvalue weighted by Crippen LogP contribution is -3.12. The Labute approximate surface area is 284 Å². The van der Waals surface area contributed by atoms with Crippen molar-refractivity contribution in [2.75, 3.05) is 77.9 Å². The highest BCUT2D eigenvalue weighted by Gasteiger charge is 2.35. The molecule has 1 saturated carbocycles. The highest BCUT2D eigenvalue weighted by Crippen LogP contribution is 2.30. The standard InChI is InChI=1S/C36H55N5O4S2/c1-31-28-40(46(42,43)36-18-16-35(17-19-36)37(2)3)24-10-22-38(30-32-12-6-4-7-13-32)23-11-25-41(29-31)47(44,45)39-26-20-34(21-27-39)33-14-8-5-9-15-33/h5,8-9,14-19,32,34H,1,4,6-7,10-13,20-30H2,2-3H3/p+1. The second kappa shape index (κ2) is 16.4. The van der Waals surface area contributed by atoms with Crippen molar-refractivity contribution in [3.8, 4) is 0 Å². The molecule has 0 radical (unpaired) electrons. The summed E-state index contributed by atoms with van der Waals surface area (Å²) in [6, 6.07) is 17.3. The van der Waals surface area contributed by atoms with E-state index in [1.165, 1.54) is 46.9 Å². The van der Waals surface area contributed by atoms with Gasteiger partial charge in [0.25, 0.3) is 10.2 Å². The number of nitrogens with one attached hydrogen (secondary N) is 1. The molecule has 1 aliphatic carbocycles. The monoisotopic (exact) mass is 686 g/mol. The molecule has 1 unspecified atom stereocenters. The molecule has 47 heavy (non-hydrogen) atoms. The third-order valence-corrected chi connectivity index (χ3v) is 14.2. The third-order valence-electron chi connectivity index (χ3n) is 10.3. The summed E-state index contributed by atoms with van der Waals surface area (Å²) in [5.41, 5.74) is 2.79. The molecule has 2 aliphatic heterocycles. The van der Waals surface area contributed by atoms with Gasteiger partial charge in [0.15, 0.2) is 0 Å². The summed E-state index contributed by atoms with van der Waals surface area (Å²) in [7, 11) is -3.71. The maximum Gasteiger partial charge on any atom is 0.282 e. The van der Waals surface area contributed by atoms with E-state index >= 15 is 0 Å². The molecule has 260 valence electrons. The van der Waals surface area contributed by atoms with Crippen LogP contribution in [-0.4, -0.2) is 103 Å². The van der Waals surface area contributed by atoms with Crippen molar-refractivity contribution in [1.29, 1.82) is 0 Å². The average Bonchev–Trinajstić information content (AvgIpc) is 3.07. The number of benzene rings is 2. The van der Waals surface area contributed by atoms with Crippen LogP contribution in [0.25, 0.3) is 0 Å². The molecule has 1 atom stereocenters. The van der Waals surface area contributed by atoms with E-state index < -0.39 is 20.2 Å². The van der Waals surface area contributed by atoms with Gasteiger partial charge in [-0.05, 0) is 67.0 Å². The first-order valence-corrected chi connectivity index (χ1v) is 20.5. The van der Waals surface area contributed by atoms with Crippen molar-refractivity contribution in [2.24, 2.45) is 5.92 Å². The fourth-order valence-electron chi connectivity index (χ4n) is 7.62.